The SMILES string of the molecule is CCCn1cc(C(NCC)C2(CC(C)C)CCCC2)cn1. The van der Waals surface area contributed by atoms with E-state index in [4.69, 9.17) is 0 Å². The van der Waals surface area contributed by atoms with Gasteiger partial charge >= 0.3 is 0 Å². The lowest BCUT2D eigenvalue weighted by atomic mass is 9.71. The van der Waals surface area contributed by atoms with E-state index in [1.54, 1.807) is 0 Å². The summed E-state index contributed by atoms with van der Waals surface area (Å²) in [6.07, 6.45) is 12.3. The zero-order valence-corrected chi connectivity index (χ0v) is 14.4. The van der Waals surface area contributed by atoms with Crippen LogP contribution in [-0.2, 0) is 6.54 Å². The summed E-state index contributed by atoms with van der Waals surface area (Å²) >= 11 is 0. The molecule has 3 nitrogen and oxygen atoms in total. The van der Waals surface area contributed by atoms with E-state index >= 15 is 0 Å². The lowest BCUT2D eigenvalue weighted by molar-refractivity contribution is 0.157. The highest BCUT2D eigenvalue weighted by Gasteiger charge is 2.42. The van der Waals surface area contributed by atoms with E-state index in [9.17, 15) is 0 Å². The third-order valence-corrected chi connectivity index (χ3v) is 4.87. The van der Waals surface area contributed by atoms with Gasteiger partial charge in [0, 0.05) is 24.3 Å². The van der Waals surface area contributed by atoms with Gasteiger partial charge < -0.3 is 5.32 Å². The summed E-state index contributed by atoms with van der Waals surface area (Å²) in [5.41, 5.74) is 1.83. The van der Waals surface area contributed by atoms with E-state index in [-0.39, 0.29) is 0 Å². The molecule has 0 amide bonds. The number of nitrogens with one attached hydrogen (secondary N) is 1. The van der Waals surface area contributed by atoms with Gasteiger partial charge in [-0.2, -0.15) is 5.10 Å². The molecule has 2 rings (SSSR count). The molecule has 1 unspecified atom stereocenters. The number of aromatic nitrogens is 2. The second-order valence-corrected chi connectivity index (χ2v) is 7.19. The normalized spacial score (nSPS) is 19.3. The Balaban J connectivity index is 2.25. The molecule has 1 N–H and O–H groups in total. The van der Waals surface area contributed by atoms with Crippen molar-refractivity contribution < 1.29 is 0 Å². The maximum absolute atomic E-state index is 4.57. The fourth-order valence-electron chi connectivity index (χ4n) is 4.27. The number of hydrogen-bond acceptors (Lipinski definition) is 2. The summed E-state index contributed by atoms with van der Waals surface area (Å²) in [5, 5.41) is 8.36. The summed E-state index contributed by atoms with van der Waals surface area (Å²) in [4.78, 5) is 0. The second-order valence-electron chi connectivity index (χ2n) is 7.19. The zero-order valence-electron chi connectivity index (χ0n) is 14.4. The number of rotatable bonds is 8. The van der Waals surface area contributed by atoms with Gasteiger partial charge in [0.25, 0.3) is 0 Å². The van der Waals surface area contributed by atoms with Crippen molar-refractivity contribution in [2.45, 2.75) is 78.8 Å². The predicted molar refractivity (Wildman–Crippen MR) is 89.3 cm³/mol. The zero-order chi connectivity index (χ0) is 15.3. The van der Waals surface area contributed by atoms with Crippen molar-refractivity contribution >= 4 is 0 Å². The molecule has 0 bridgehead atoms. The molecule has 0 spiro atoms. The Morgan fingerprint density at radius 1 is 1.29 bits per heavy atom. The van der Waals surface area contributed by atoms with Crippen LogP contribution in [0.5, 0.6) is 0 Å². The fraction of sp³-hybridized carbons (Fsp3) is 0.833. The van der Waals surface area contributed by atoms with E-state index in [0.29, 0.717) is 11.5 Å². The maximum atomic E-state index is 4.57. The average Bonchev–Trinajstić information content (AvgIpc) is 3.06. The van der Waals surface area contributed by atoms with Crippen molar-refractivity contribution in [2.75, 3.05) is 6.54 Å². The molecule has 0 saturated heterocycles. The largest absolute Gasteiger partial charge is 0.310 e. The molecule has 0 aliphatic heterocycles. The molecular formula is C18H33N3. The monoisotopic (exact) mass is 291 g/mol. The molecule has 1 saturated carbocycles. The third-order valence-electron chi connectivity index (χ3n) is 4.87. The van der Waals surface area contributed by atoms with Crippen LogP contribution in [0.4, 0.5) is 0 Å². The molecule has 0 radical (unpaired) electrons. The quantitative estimate of drug-likeness (QED) is 0.761. The van der Waals surface area contributed by atoms with Crippen molar-refractivity contribution in [1.82, 2.24) is 15.1 Å². The molecule has 120 valence electrons. The van der Waals surface area contributed by atoms with Crippen molar-refractivity contribution in [2.24, 2.45) is 11.3 Å². The molecule has 21 heavy (non-hydrogen) atoms. The minimum Gasteiger partial charge on any atom is -0.310 e. The Morgan fingerprint density at radius 3 is 2.57 bits per heavy atom. The first-order valence-corrected chi connectivity index (χ1v) is 8.87. The second kappa shape index (κ2) is 7.44. The molecule has 1 aliphatic carbocycles. The highest BCUT2D eigenvalue weighted by Crippen LogP contribution is 2.51. The molecular weight excluding hydrogens is 258 g/mol. The summed E-state index contributed by atoms with van der Waals surface area (Å²) in [6.45, 7) is 11.2. The first-order chi connectivity index (χ1) is 10.1. The topological polar surface area (TPSA) is 29.9 Å². The van der Waals surface area contributed by atoms with Crippen LogP contribution in [0.25, 0.3) is 0 Å². The van der Waals surface area contributed by atoms with Crippen LogP contribution in [0.1, 0.15) is 77.8 Å². The Hall–Kier alpha value is -0.830. The Labute approximate surface area is 130 Å². The lowest BCUT2D eigenvalue weighted by Gasteiger charge is -2.39. The van der Waals surface area contributed by atoms with Crippen LogP contribution in [0.15, 0.2) is 12.4 Å². The summed E-state index contributed by atoms with van der Waals surface area (Å²) in [5.74, 6) is 0.759. The summed E-state index contributed by atoms with van der Waals surface area (Å²) in [7, 11) is 0. The molecule has 1 heterocycles. The smallest absolute Gasteiger partial charge is 0.0537 e. The third kappa shape index (κ3) is 3.88. The predicted octanol–water partition coefficient (Wildman–Crippen LogP) is 4.55. The van der Waals surface area contributed by atoms with Crippen molar-refractivity contribution in [3.05, 3.63) is 18.0 Å². The minimum absolute atomic E-state index is 0.435. The molecule has 3 heteroatoms. The Kier molecular flexibility index (Phi) is 5.86. The van der Waals surface area contributed by atoms with E-state index in [1.807, 2.05) is 0 Å². The van der Waals surface area contributed by atoms with Crippen LogP contribution < -0.4 is 5.32 Å². The number of nitrogens with zero attached hydrogens (tertiary/aromatic N) is 2. The van der Waals surface area contributed by atoms with Crippen molar-refractivity contribution in [1.29, 1.82) is 0 Å². The first kappa shape index (κ1) is 16.5. The van der Waals surface area contributed by atoms with Gasteiger partial charge in [0.2, 0.25) is 0 Å². The van der Waals surface area contributed by atoms with Gasteiger partial charge in [-0.25, -0.2) is 0 Å². The van der Waals surface area contributed by atoms with Gasteiger partial charge in [-0.05, 0) is 43.6 Å². The van der Waals surface area contributed by atoms with Crippen LogP contribution in [0.2, 0.25) is 0 Å². The molecule has 0 aromatic carbocycles. The molecule has 1 atom stereocenters. The summed E-state index contributed by atoms with van der Waals surface area (Å²) in [6, 6.07) is 0.470. The highest BCUT2D eigenvalue weighted by molar-refractivity contribution is 5.16. The van der Waals surface area contributed by atoms with Gasteiger partial charge in [-0.1, -0.05) is 40.5 Å². The van der Waals surface area contributed by atoms with Crippen molar-refractivity contribution in [3.8, 4) is 0 Å². The van der Waals surface area contributed by atoms with Crippen molar-refractivity contribution in [3.63, 3.8) is 0 Å². The molecule has 1 aromatic heterocycles. The van der Waals surface area contributed by atoms with Gasteiger partial charge in [0.1, 0.15) is 0 Å². The molecule has 1 fully saturated rings. The number of aryl methyl sites for hydroxylation is 1. The van der Waals surface area contributed by atoms with E-state index < -0.39 is 0 Å². The molecule has 1 aliphatic rings. The van der Waals surface area contributed by atoms with Crippen LogP contribution in [0.3, 0.4) is 0 Å². The van der Waals surface area contributed by atoms with E-state index in [2.05, 4.69) is 55.2 Å². The van der Waals surface area contributed by atoms with Crippen LogP contribution in [-0.4, -0.2) is 16.3 Å². The van der Waals surface area contributed by atoms with Crippen LogP contribution >= 0.6 is 0 Å². The Morgan fingerprint density at radius 2 is 2.00 bits per heavy atom. The Bertz CT molecular complexity index is 416. The summed E-state index contributed by atoms with van der Waals surface area (Å²) < 4.78 is 2.11. The standard InChI is InChI=1S/C18H33N3/c1-5-11-21-14-16(13-20-21)17(19-6-2)18(12-15(3)4)9-7-8-10-18/h13-15,17,19H,5-12H2,1-4H3. The first-order valence-electron chi connectivity index (χ1n) is 8.87. The van der Waals surface area contributed by atoms with E-state index in [1.165, 1.54) is 37.7 Å². The maximum Gasteiger partial charge on any atom is 0.0537 e. The minimum atomic E-state index is 0.435. The van der Waals surface area contributed by atoms with Gasteiger partial charge in [0.05, 0.1) is 6.20 Å². The lowest BCUT2D eigenvalue weighted by Crippen LogP contribution is -2.37. The fourth-order valence-corrected chi connectivity index (χ4v) is 4.27. The van der Waals surface area contributed by atoms with Gasteiger partial charge in [-0.15, -0.1) is 0 Å². The average molecular weight is 291 g/mol. The van der Waals surface area contributed by atoms with E-state index in [0.717, 1.165) is 25.4 Å². The van der Waals surface area contributed by atoms with Gasteiger partial charge in [-0.3, -0.25) is 4.68 Å². The van der Waals surface area contributed by atoms with Gasteiger partial charge in [0.15, 0.2) is 0 Å². The van der Waals surface area contributed by atoms with Crippen LogP contribution in [0, 0.1) is 11.3 Å². The molecule has 1 aromatic rings. The highest BCUT2D eigenvalue weighted by atomic mass is 15.3. The number of hydrogen-bond donors (Lipinski definition) is 1.